The maximum absolute atomic E-state index is 10.3. The van der Waals surface area contributed by atoms with Gasteiger partial charge in [0.05, 0.1) is 67.4 Å². The lowest BCUT2D eigenvalue weighted by molar-refractivity contribution is -0.870. The van der Waals surface area contributed by atoms with Crippen LogP contribution in [0, 0.1) is 6.92 Å². The molecular formula is C25H40N2O8. The Bertz CT molecular complexity index is 887. The highest BCUT2D eigenvalue weighted by molar-refractivity contribution is 5.89. The van der Waals surface area contributed by atoms with Gasteiger partial charge in [0.15, 0.2) is 0 Å². The van der Waals surface area contributed by atoms with Crippen molar-refractivity contribution in [3.63, 3.8) is 0 Å². The zero-order valence-electron chi connectivity index (χ0n) is 21.7. The van der Waals surface area contributed by atoms with E-state index < -0.39 is 11.9 Å². The summed E-state index contributed by atoms with van der Waals surface area (Å²) in [6.45, 7) is 3.86. The molecule has 0 fully saturated rings. The van der Waals surface area contributed by atoms with Crippen LogP contribution in [0.2, 0.25) is 0 Å². The van der Waals surface area contributed by atoms with Crippen molar-refractivity contribution in [2.24, 2.45) is 0 Å². The van der Waals surface area contributed by atoms with E-state index in [1.54, 1.807) is 25.1 Å². The van der Waals surface area contributed by atoms with E-state index in [4.69, 9.17) is 20.4 Å². The second kappa shape index (κ2) is 16.4. The molecule has 0 radical (unpaired) electrons. The van der Waals surface area contributed by atoms with Crippen LogP contribution in [0.1, 0.15) is 26.3 Å². The normalized spacial score (nSPS) is 10.4. The maximum atomic E-state index is 10.3. The number of rotatable bonds is 6. The molecule has 4 N–H and O–H groups in total. The van der Waals surface area contributed by atoms with Crippen molar-refractivity contribution in [3.8, 4) is 11.5 Å². The molecule has 0 aliphatic heterocycles. The summed E-state index contributed by atoms with van der Waals surface area (Å²) >= 11 is 0. The van der Waals surface area contributed by atoms with Crippen molar-refractivity contribution in [1.82, 2.24) is 0 Å². The summed E-state index contributed by atoms with van der Waals surface area (Å²) in [5.74, 6) is -3.20. The fourth-order valence-electron chi connectivity index (χ4n) is 2.07. The number of likely N-dealkylation sites (N-methyl/N-ethyl adjacent to an activating group) is 2. The predicted molar refractivity (Wildman–Crippen MR) is 130 cm³/mol. The average Bonchev–Trinajstić information content (AvgIpc) is 2.69. The van der Waals surface area contributed by atoms with Crippen molar-refractivity contribution in [2.45, 2.75) is 6.92 Å². The molecule has 35 heavy (non-hydrogen) atoms. The number of hydrogen-bond acceptors (Lipinski definition) is 8. The predicted octanol–water partition coefficient (Wildman–Crippen LogP) is -0.810. The topological polar surface area (TPSA) is 161 Å². The molecule has 0 aliphatic rings. The molecule has 0 aromatic heterocycles. The van der Waals surface area contributed by atoms with E-state index in [1.165, 1.54) is 24.3 Å². The van der Waals surface area contributed by atoms with Crippen molar-refractivity contribution in [3.05, 3.63) is 59.2 Å². The van der Waals surface area contributed by atoms with Crippen LogP contribution in [0.25, 0.3) is 0 Å². The average molecular weight is 497 g/mol. The van der Waals surface area contributed by atoms with Gasteiger partial charge < -0.3 is 49.2 Å². The third-order valence-corrected chi connectivity index (χ3v) is 4.12. The van der Waals surface area contributed by atoms with Crippen LogP contribution in [0.5, 0.6) is 11.5 Å². The second-order valence-corrected chi connectivity index (χ2v) is 9.54. The lowest BCUT2D eigenvalue weighted by Crippen LogP contribution is -2.36. The van der Waals surface area contributed by atoms with Crippen LogP contribution in [-0.4, -0.2) is 110 Å². The minimum absolute atomic E-state index is 0.162. The van der Waals surface area contributed by atoms with Crippen LogP contribution < -0.4 is 10.2 Å². The van der Waals surface area contributed by atoms with Crippen molar-refractivity contribution in [1.29, 1.82) is 0 Å². The smallest absolute Gasteiger partial charge is 0.127 e. The Labute approximate surface area is 207 Å². The maximum Gasteiger partial charge on any atom is 0.127 e. The molecule has 0 unspecified atom stereocenters. The first-order valence-electron chi connectivity index (χ1n) is 10.8. The molecule has 0 bridgehead atoms. The first-order chi connectivity index (χ1) is 16.0. The largest absolute Gasteiger partial charge is 0.545 e. The fraction of sp³-hybridized carbons (Fsp3) is 0.440. The molecule has 198 valence electrons. The third kappa shape index (κ3) is 17.9. The lowest BCUT2D eigenvalue weighted by atomic mass is 10.1. The van der Waals surface area contributed by atoms with Crippen molar-refractivity contribution in [2.75, 3.05) is 68.6 Å². The number of para-hydroxylation sites is 2. The molecule has 0 spiro atoms. The van der Waals surface area contributed by atoms with E-state index >= 15 is 0 Å². The summed E-state index contributed by atoms with van der Waals surface area (Å²) in [6.07, 6.45) is 0. The highest BCUT2D eigenvalue weighted by Crippen LogP contribution is 2.20. The van der Waals surface area contributed by atoms with E-state index in [9.17, 15) is 19.8 Å². The number of carbonyl (C=O) groups excluding carboxylic acids is 2. The number of hydrogen-bond donors (Lipinski definition) is 4. The van der Waals surface area contributed by atoms with Gasteiger partial charge in [-0.2, -0.15) is 0 Å². The van der Waals surface area contributed by atoms with Gasteiger partial charge in [-0.3, -0.25) is 0 Å². The van der Waals surface area contributed by atoms with Gasteiger partial charge in [-0.25, -0.2) is 0 Å². The van der Waals surface area contributed by atoms with Crippen LogP contribution in [0.3, 0.4) is 0 Å². The quantitative estimate of drug-likeness (QED) is 0.378. The number of quaternary nitrogens is 2. The van der Waals surface area contributed by atoms with Gasteiger partial charge in [-0.1, -0.05) is 24.3 Å². The standard InChI is InChI=1S/C8H8O3.C7H6O3.2C5H14NO/c1-5-3-2-4-6(7(5)9)8(10)11;8-6-4-2-1-3-5(6)7(9)10;2*1-6(2,3)4-5-7/h2-4,9H,1H3,(H,10,11);1-4,8H,(H,9,10);2*7H,4-5H2,1-3H3/q;;2*+1/p-2. The Morgan fingerprint density at radius 2 is 1.11 bits per heavy atom. The minimum atomic E-state index is -1.36. The molecule has 2 aromatic rings. The first kappa shape index (κ1) is 34.0. The summed E-state index contributed by atoms with van der Waals surface area (Å²) in [5.41, 5.74) is 0.194. The zero-order valence-corrected chi connectivity index (χ0v) is 21.7. The second-order valence-electron chi connectivity index (χ2n) is 9.54. The van der Waals surface area contributed by atoms with Crippen molar-refractivity contribution >= 4 is 11.9 Å². The number of nitrogens with zero attached hydrogens (tertiary/aromatic N) is 2. The van der Waals surface area contributed by atoms with Gasteiger partial charge in [0, 0.05) is 11.1 Å². The number of aliphatic hydroxyl groups excluding tert-OH is 2. The zero-order chi connectivity index (χ0) is 27.8. The molecule has 2 aromatic carbocycles. The third-order valence-electron chi connectivity index (χ3n) is 4.12. The number of phenols is 2. The molecule has 0 heterocycles. The number of aryl methyl sites for hydroxylation is 1. The van der Waals surface area contributed by atoms with Crippen LogP contribution in [-0.2, 0) is 0 Å². The Hall–Kier alpha value is -3.18. The number of aliphatic hydroxyl groups is 2. The molecule has 0 atom stereocenters. The monoisotopic (exact) mass is 496 g/mol. The molecular weight excluding hydrogens is 456 g/mol. The van der Waals surface area contributed by atoms with Gasteiger partial charge >= 0.3 is 0 Å². The van der Waals surface area contributed by atoms with Gasteiger partial charge in [-0.05, 0) is 30.7 Å². The highest BCUT2D eigenvalue weighted by Gasteiger charge is 2.03. The highest BCUT2D eigenvalue weighted by atomic mass is 16.4. The van der Waals surface area contributed by atoms with Gasteiger partial charge in [0.25, 0.3) is 0 Å². The number of carbonyl (C=O) groups is 2. The lowest BCUT2D eigenvalue weighted by Gasteiger charge is -2.21. The number of benzene rings is 2. The van der Waals surface area contributed by atoms with E-state index in [0.717, 1.165) is 22.1 Å². The summed E-state index contributed by atoms with van der Waals surface area (Å²) < 4.78 is 1.69. The Kier molecular flexibility index (Phi) is 16.0. The van der Waals surface area contributed by atoms with Crippen LogP contribution >= 0.6 is 0 Å². The first-order valence-corrected chi connectivity index (χ1v) is 10.8. The summed E-state index contributed by atoms with van der Waals surface area (Å²) in [5, 5.41) is 55.2. The van der Waals surface area contributed by atoms with Crippen LogP contribution in [0.15, 0.2) is 42.5 Å². The number of carboxylic acid groups (broad SMARTS) is 2. The summed E-state index contributed by atoms with van der Waals surface area (Å²) in [7, 11) is 12.3. The molecule has 10 heteroatoms. The molecule has 2 rings (SSSR count). The Morgan fingerprint density at radius 1 is 0.714 bits per heavy atom. The molecule has 0 aliphatic carbocycles. The van der Waals surface area contributed by atoms with Gasteiger partial charge in [0.2, 0.25) is 0 Å². The summed E-state index contributed by atoms with van der Waals surface area (Å²) in [6, 6.07) is 10.1. The number of aromatic hydroxyl groups is 2. The Morgan fingerprint density at radius 3 is 1.37 bits per heavy atom. The van der Waals surface area contributed by atoms with Crippen molar-refractivity contribution < 1.29 is 49.2 Å². The molecule has 10 nitrogen and oxygen atoms in total. The molecule has 0 saturated heterocycles. The number of aromatic carboxylic acids is 2. The van der Waals surface area contributed by atoms with Crippen LogP contribution in [0.4, 0.5) is 0 Å². The van der Waals surface area contributed by atoms with E-state index in [0.29, 0.717) is 5.56 Å². The SMILES string of the molecule is C[N+](C)(C)CCO.C[N+](C)(C)CCO.Cc1cccc(C(=O)[O-])c1O.O=C([O-])c1ccccc1O. The van der Waals surface area contributed by atoms with E-state index in [-0.39, 0.29) is 35.8 Å². The minimum Gasteiger partial charge on any atom is -0.545 e. The number of carboxylic acids is 2. The molecule has 0 amide bonds. The Balaban J connectivity index is 0. The summed E-state index contributed by atoms with van der Waals surface area (Å²) in [4.78, 5) is 20.5. The van der Waals surface area contributed by atoms with Gasteiger partial charge in [0.1, 0.15) is 24.6 Å². The van der Waals surface area contributed by atoms with E-state index in [2.05, 4.69) is 42.3 Å². The molecule has 0 saturated carbocycles. The van der Waals surface area contributed by atoms with E-state index in [1.807, 2.05) is 0 Å². The van der Waals surface area contributed by atoms with Gasteiger partial charge in [-0.15, -0.1) is 0 Å². The fourth-order valence-corrected chi connectivity index (χ4v) is 2.07.